The van der Waals surface area contributed by atoms with Crippen LogP contribution in [0, 0.1) is 18.8 Å². The van der Waals surface area contributed by atoms with Gasteiger partial charge in [-0.3, -0.25) is 4.79 Å². The molecule has 4 heteroatoms. The summed E-state index contributed by atoms with van der Waals surface area (Å²) in [4.78, 5) is 14.0. The van der Waals surface area contributed by atoms with Crippen LogP contribution in [0.2, 0.25) is 0 Å². The molecule has 0 aliphatic heterocycles. The smallest absolute Gasteiger partial charge is 0.253 e. The second kappa shape index (κ2) is 9.17. The van der Waals surface area contributed by atoms with Gasteiger partial charge in [0, 0.05) is 31.3 Å². The molecule has 0 radical (unpaired) electrons. The van der Waals surface area contributed by atoms with E-state index >= 15 is 0 Å². The molecule has 0 saturated heterocycles. The van der Waals surface area contributed by atoms with E-state index in [9.17, 15) is 4.79 Å². The number of nitrogens with zero attached hydrogens (tertiary/aromatic N) is 1. The number of hydrogen-bond donors (Lipinski definition) is 2. The van der Waals surface area contributed by atoms with Crippen LogP contribution in [-0.2, 0) is 0 Å². The predicted octanol–water partition coefficient (Wildman–Crippen LogP) is 1.54. The zero-order chi connectivity index (χ0) is 15.7. The van der Waals surface area contributed by atoms with Crippen LogP contribution in [0.4, 0.5) is 0 Å². The van der Waals surface area contributed by atoms with Crippen molar-refractivity contribution in [1.29, 1.82) is 0 Å². The molecule has 0 spiro atoms. The van der Waals surface area contributed by atoms with Crippen LogP contribution in [0.15, 0.2) is 18.2 Å². The molecule has 1 rings (SSSR count). The largest absolute Gasteiger partial charge is 0.396 e. The standard InChI is InChI=1S/C17H24N2O2/c1-14-13-16(9-8-15(14)7-6-10-18)17(21)19(2)11-4-3-5-12-20/h8-9,13,20H,3-5,10-12,18H2,1-2H3. The Kier molecular flexibility index (Phi) is 7.52. The fourth-order valence-corrected chi connectivity index (χ4v) is 2.04. The Morgan fingerprint density at radius 2 is 2.10 bits per heavy atom. The molecule has 0 aliphatic carbocycles. The Balaban J connectivity index is 2.67. The summed E-state index contributed by atoms with van der Waals surface area (Å²) in [6.45, 7) is 3.18. The molecule has 1 aromatic rings. The molecule has 0 bridgehead atoms. The number of benzene rings is 1. The molecule has 0 aliphatic rings. The maximum atomic E-state index is 12.3. The second-order valence-corrected chi connectivity index (χ2v) is 5.05. The third-order valence-electron chi connectivity index (χ3n) is 3.30. The molecule has 21 heavy (non-hydrogen) atoms. The summed E-state index contributed by atoms with van der Waals surface area (Å²) in [5, 5.41) is 8.74. The summed E-state index contributed by atoms with van der Waals surface area (Å²) in [6.07, 6.45) is 2.62. The lowest BCUT2D eigenvalue weighted by Gasteiger charge is -2.17. The van der Waals surface area contributed by atoms with Gasteiger partial charge in [0.1, 0.15) is 0 Å². The number of carbonyl (C=O) groups excluding carboxylic acids is 1. The number of hydrogen-bond acceptors (Lipinski definition) is 3. The molecule has 0 heterocycles. The molecule has 114 valence electrons. The van der Waals surface area contributed by atoms with Crippen LogP contribution in [0.5, 0.6) is 0 Å². The zero-order valence-corrected chi connectivity index (χ0v) is 12.9. The Morgan fingerprint density at radius 3 is 2.71 bits per heavy atom. The summed E-state index contributed by atoms with van der Waals surface area (Å²) in [7, 11) is 1.80. The number of rotatable bonds is 6. The van der Waals surface area contributed by atoms with Crippen molar-refractivity contribution in [2.24, 2.45) is 5.73 Å². The van der Waals surface area contributed by atoms with E-state index in [1.807, 2.05) is 19.1 Å². The summed E-state index contributed by atoms with van der Waals surface area (Å²) in [5.74, 6) is 5.83. The minimum Gasteiger partial charge on any atom is -0.396 e. The molecule has 0 saturated carbocycles. The van der Waals surface area contributed by atoms with Crippen LogP contribution in [0.1, 0.15) is 40.7 Å². The zero-order valence-electron chi connectivity index (χ0n) is 12.9. The van der Waals surface area contributed by atoms with Gasteiger partial charge < -0.3 is 15.7 Å². The summed E-state index contributed by atoms with van der Waals surface area (Å²) >= 11 is 0. The lowest BCUT2D eigenvalue weighted by Crippen LogP contribution is -2.27. The van der Waals surface area contributed by atoms with Crippen molar-refractivity contribution in [3.05, 3.63) is 34.9 Å². The first kappa shape index (κ1) is 17.2. The molecule has 3 N–H and O–H groups in total. The van der Waals surface area contributed by atoms with Gasteiger partial charge in [-0.05, 0) is 49.9 Å². The van der Waals surface area contributed by atoms with Crippen LogP contribution >= 0.6 is 0 Å². The van der Waals surface area contributed by atoms with Gasteiger partial charge in [0.15, 0.2) is 0 Å². The first-order chi connectivity index (χ1) is 10.1. The van der Waals surface area contributed by atoms with Crippen LogP contribution in [0.3, 0.4) is 0 Å². The highest BCUT2D eigenvalue weighted by atomic mass is 16.2. The Hall–Kier alpha value is -1.83. The number of aryl methyl sites for hydroxylation is 1. The Bertz CT molecular complexity index is 529. The summed E-state index contributed by atoms with van der Waals surface area (Å²) < 4.78 is 0. The maximum Gasteiger partial charge on any atom is 0.253 e. The molecule has 0 fully saturated rings. The fourth-order valence-electron chi connectivity index (χ4n) is 2.04. The average molecular weight is 288 g/mol. The quantitative estimate of drug-likeness (QED) is 0.616. The van der Waals surface area contributed by atoms with E-state index in [4.69, 9.17) is 10.8 Å². The van der Waals surface area contributed by atoms with Gasteiger partial charge in [-0.15, -0.1) is 0 Å². The highest BCUT2D eigenvalue weighted by Gasteiger charge is 2.12. The molecule has 4 nitrogen and oxygen atoms in total. The van der Waals surface area contributed by atoms with Gasteiger partial charge in [-0.1, -0.05) is 11.8 Å². The minimum absolute atomic E-state index is 0.0143. The van der Waals surface area contributed by atoms with Crippen molar-refractivity contribution in [3.63, 3.8) is 0 Å². The molecule has 1 aromatic carbocycles. The lowest BCUT2D eigenvalue weighted by molar-refractivity contribution is 0.0792. The summed E-state index contributed by atoms with van der Waals surface area (Å²) in [6, 6.07) is 5.54. The van der Waals surface area contributed by atoms with Crippen molar-refractivity contribution in [1.82, 2.24) is 4.90 Å². The second-order valence-electron chi connectivity index (χ2n) is 5.05. The number of aliphatic hydroxyl groups is 1. The highest BCUT2D eigenvalue weighted by molar-refractivity contribution is 5.94. The molecular formula is C17H24N2O2. The van der Waals surface area contributed by atoms with Crippen LogP contribution < -0.4 is 5.73 Å². The third kappa shape index (κ3) is 5.58. The van der Waals surface area contributed by atoms with E-state index in [0.717, 1.165) is 30.4 Å². The Morgan fingerprint density at radius 1 is 1.33 bits per heavy atom. The van der Waals surface area contributed by atoms with Gasteiger partial charge in [-0.2, -0.15) is 0 Å². The highest BCUT2D eigenvalue weighted by Crippen LogP contribution is 2.12. The van der Waals surface area contributed by atoms with Gasteiger partial charge in [0.25, 0.3) is 5.91 Å². The average Bonchev–Trinajstić information content (AvgIpc) is 2.49. The minimum atomic E-state index is 0.0143. The first-order valence-electron chi connectivity index (χ1n) is 7.26. The van der Waals surface area contributed by atoms with Gasteiger partial charge in [0.2, 0.25) is 0 Å². The monoisotopic (exact) mass is 288 g/mol. The normalized spacial score (nSPS) is 9.90. The number of aliphatic hydroxyl groups excluding tert-OH is 1. The topological polar surface area (TPSA) is 66.6 Å². The van der Waals surface area contributed by atoms with Crippen molar-refractivity contribution >= 4 is 5.91 Å². The SMILES string of the molecule is Cc1cc(C(=O)N(C)CCCCCO)ccc1C#CCN. The van der Waals surface area contributed by atoms with Crippen LogP contribution in [-0.4, -0.2) is 42.7 Å². The number of carbonyl (C=O) groups is 1. The molecule has 0 atom stereocenters. The van der Waals surface area contributed by atoms with E-state index in [1.165, 1.54) is 0 Å². The maximum absolute atomic E-state index is 12.3. The van der Waals surface area contributed by atoms with E-state index in [2.05, 4.69) is 11.8 Å². The van der Waals surface area contributed by atoms with E-state index in [0.29, 0.717) is 18.7 Å². The number of unbranched alkanes of at least 4 members (excludes halogenated alkanes) is 2. The van der Waals surface area contributed by atoms with E-state index < -0.39 is 0 Å². The van der Waals surface area contributed by atoms with Crippen molar-refractivity contribution in [2.75, 3.05) is 26.7 Å². The van der Waals surface area contributed by atoms with Crippen LogP contribution in [0.25, 0.3) is 0 Å². The van der Waals surface area contributed by atoms with Gasteiger partial charge in [0.05, 0.1) is 6.54 Å². The third-order valence-corrected chi connectivity index (χ3v) is 3.30. The molecular weight excluding hydrogens is 264 g/mol. The molecule has 0 unspecified atom stereocenters. The van der Waals surface area contributed by atoms with Crippen molar-refractivity contribution in [2.45, 2.75) is 26.2 Å². The Labute approximate surface area is 127 Å². The number of amides is 1. The van der Waals surface area contributed by atoms with Gasteiger partial charge >= 0.3 is 0 Å². The van der Waals surface area contributed by atoms with E-state index in [1.54, 1.807) is 18.0 Å². The fraction of sp³-hybridized carbons (Fsp3) is 0.471. The molecule has 0 aromatic heterocycles. The van der Waals surface area contributed by atoms with Crippen molar-refractivity contribution < 1.29 is 9.90 Å². The van der Waals surface area contributed by atoms with Crippen molar-refractivity contribution in [3.8, 4) is 11.8 Å². The lowest BCUT2D eigenvalue weighted by atomic mass is 10.0. The summed E-state index contributed by atoms with van der Waals surface area (Å²) in [5.41, 5.74) is 7.93. The predicted molar refractivity (Wildman–Crippen MR) is 85.0 cm³/mol. The first-order valence-corrected chi connectivity index (χ1v) is 7.26. The number of nitrogens with two attached hydrogens (primary N) is 1. The van der Waals surface area contributed by atoms with E-state index in [-0.39, 0.29) is 12.5 Å². The van der Waals surface area contributed by atoms with Gasteiger partial charge in [-0.25, -0.2) is 0 Å². The molecule has 1 amide bonds.